The molecule has 6 nitrogen and oxygen atoms in total. The molecule has 3 aromatic rings. The van der Waals surface area contributed by atoms with Crippen LogP contribution in [-0.2, 0) is 9.59 Å². The highest BCUT2D eigenvalue weighted by molar-refractivity contribution is 6.00. The number of hydrogen-bond acceptors (Lipinski definition) is 3. The molecule has 3 rings (SSSR count). The molecule has 32 heavy (non-hydrogen) atoms. The normalized spacial score (nSPS) is 11.9. The summed E-state index contributed by atoms with van der Waals surface area (Å²) in [5, 5.41) is 3.88. The SMILES string of the molecule is CNC(=O)/C=C(\c1ccccc1)c1c(F)ccc(F)c1-n1ccnc1NC(=O)C(F)(F)F. The van der Waals surface area contributed by atoms with Crippen LogP contribution in [0, 0.1) is 11.6 Å². The van der Waals surface area contributed by atoms with Crippen molar-refractivity contribution in [2.45, 2.75) is 6.18 Å². The van der Waals surface area contributed by atoms with E-state index in [0.29, 0.717) is 5.56 Å². The standard InChI is InChI=1S/C21H15F5N4O2/c1-27-16(31)11-13(12-5-3-2-4-6-12)17-14(22)7-8-15(23)18(17)30-10-9-28-20(30)29-19(32)21(24,25)26/h2-11H,1H3,(H,27,31)(H,28,29,32)/b13-11+. The first-order valence-corrected chi connectivity index (χ1v) is 9.02. The van der Waals surface area contributed by atoms with Gasteiger partial charge in [0.2, 0.25) is 11.9 Å². The van der Waals surface area contributed by atoms with Gasteiger partial charge in [-0.05, 0) is 23.3 Å². The summed E-state index contributed by atoms with van der Waals surface area (Å²) < 4.78 is 68.9. The number of alkyl halides is 3. The molecule has 0 aliphatic carbocycles. The molecule has 0 radical (unpaired) electrons. The van der Waals surface area contributed by atoms with Crippen LogP contribution < -0.4 is 10.6 Å². The maximum atomic E-state index is 15.1. The third-order valence-corrected chi connectivity index (χ3v) is 4.32. The molecule has 0 saturated heterocycles. The average molecular weight is 450 g/mol. The van der Waals surface area contributed by atoms with Gasteiger partial charge >= 0.3 is 12.1 Å². The van der Waals surface area contributed by atoms with E-state index in [0.717, 1.165) is 35.2 Å². The molecule has 0 bridgehead atoms. The van der Waals surface area contributed by atoms with Gasteiger partial charge in [-0.25, -0.2) is 13.8 Å². The first kappa shape index (κ1) is 22.7. The number of likely N-dealkylation sites (N-methyl/N-ethyl adjacent to an activating group) is 1. The predicted octanol–water partition coefficient (Wildman–Crippen LogP) is 3.83. The summed E-state index contributed by atoms with van der Waals surface area (Å²) >= 11 is 0. The van der Waals surface area contributed by atoms with Crippen molar-refractivity contribution < 1.29 is 31.5 Å². The van der Waals surface area contributed by atoms with Crippen LogP contribution in [0.25, 0.3) is 11.3 Å². The van der Waals surface area contributed by atoms with E-state index in [1.165, 1.54) is 12.4 Å². The molecule has 0 saturated carbocycles. The minimum absolute atomic E-state index is 0.0428. The van der Waals surface area contributed by atoms with Crippen LogP contribution in [0.4, 0.5) is 27.9 Å². The first-order chi connectivity index (χ1) is 15.1. The van der Waals surface area contributed by atoms with E-state index in [9.17, 15) is 27.2 Å². The van der Waals surface area contributed by atoms with Gasteiger partial charge in [-0.3, -0.25) is 19.5 Å². The maximum absolute atomic E-state index is 15.1. The zero-order valence-corrected chi connectivity index (χ0v) is 16.4. The molecular formula is C21H15F5N4O2. The Labute approximate surface area is 178 Å². The minimum atomic E-state index is -5.23. The van der Waals surface area contributed by atoms with Crippen LogP contribution in [0.15, 0.2) is 60.9 Å². The number of benzene rings is 2. The highest BCUT2D eigenvalue weighted by Gasteiger charge is 2.39. The lowest BCUT2D eigenvalue weighted by molar-refractivity contribution is -0.167. The number of amides is 2. The largest absolute Gasteiger partial charge is 0.471 e. The van der Waals surface area contributed by atoms with E-state index in [1.54, 1.807) is 30.3 Å². The first-order valence-electron chi connectivity index (χ1n) is 9.02. The van der Waals surface area contributed by atoms with E-state index < -0.39 is 46.8 Å². The number of anilines is 1. The third kappa shape index (κ3) is 4.66. The van der Waals surface area contributed by atoms with Crippen molar-refractivity contribution >= 4 is 23.3 Å². The predicted molar refractivity (Wildman–Crippen MR) is 106 cm³/mol. The molecule has 0 aliphatic heterocycles. The Morgan fingerprint density at radius 3 is 2.31 bits per heavy atom. The minimum Gasteiger partial charge on any atom is -0.356 e. The van der Waals surface area contributed by atoms with E-state index >= 15 is 4.39 Å². The molecule has 2 amide bonds. The van der Waals surface area contributed by atoms with Gasteiger partial charge in [0.05, 0.1) is 5.69 Å². The second-order valence-electron chi connectivity index (χ2n) is 6.36. The molecule has 0 fully saturated rings. The van der Waals surface area contributed by atoms with Crippen molar-refractivity contribution in [2.75, 3.05) is 12.4 Å². The molecule has 0 spiro atoms. The Hall–Kier alpha value is -4.02. The molecule has 166 valence electrons. The fraction of sp³-hybridized carbons (Fsp3) is 0.0952. The quantitative estimate of drug-likeness (QED) is 0.458. The Balaban J connectivity index is 2.27. The smallest absolute Gasteiger partial charge is 0.356 e. The van der Waals surface area contributed by atoms with Crippen LogP contribution >= 0.6 is 0 Å². The van der Waals surface area contributed by atoms with Crippen molar-refractivity contribution in [3.8, 4) is 5.69 Å². The summed E-state index contributed by atoms with van der Waals surface area (Å²) in [7, 11) is 1.34. The molecule has 2 aromatic carbocycles. The Morgan fingerprint density at radius 2 is 1.69 bits per heavy atom. The number of hydrogen-bond donors (Lipinski definition) is 2. The monoisotopic (exact) mass is 450 g/mol. The number of nitrogens with one attached hydrogen (secondary N) is 2. The molecule has 2 N–H and O–H groups in total. The molecule has 0 unspecified atom stereocenters. The number of halogens is 5. The Bertz CT molecular complexity index is 1190. The third-order valence-electron chi connectivity index (χ3n) is 4.32. The van der Waals surface area contributed by atoms with Gasteiger partial charge in [0.15, 0.2) is 0 Å². The lowest BCUT2D eigenvalue weighted by Gasteiger charge is -2.18. The molecule has 1 heterocycles. The van der Waals surface area contributed by atoms with Gasteiger partial charge in [0.1, 0.15) is 11.6 Å². The van der Waals surface area contributed by atoms with Crippen LogP contribution in [0.1, 0.15) is 11.1 Å². The summed E-state index contributed by atoms with van der Waals surface area (Å²) in [6.07, 6.45) is -2.14. The zero-order chi connectivity index (χ0) is 23.5. The van der Waals surface area contributed by atoms with E-state index in [1.807, 2.05) is 0 Å². The number of rotatable bonds is 5. The Morgan fingerprint density at radius 1 is 1.03 bits per heavy atom. The van der Waals surface area contributed by atoms with E-state index in [4.69, 9.17) is 0 Å². The summed E-state index contributed by atoms with van der Waals surface area (Å²) in [5.74, 6) is -5.64. The second kappa shape index (κ2) is 9.00. The highest BCUT2D eigenvalue weighted by atomic mass is 19.4. The highest BCUT2D eigenvalue weighted by Crippen LogP contribution is 2.34. The van der Waals surface area contributed by atoms with Gasteiger partial charge in [-0.15, -0.1) is 0 Å². The summed E-state index contributed by atoms with van der Waals surface area (Å²) in [4.78, 5) is 27.1. The van der Waals surface area contributed by atoms with Gasteiger partial charge in [0, 0.05) is 31.1 Å². The molecule has 1 aromatic heterocycles. The Kier molecular flexibility index (Phi) is 6.37. The average Bonchev–Trinajstić information content (AvgIpc) is 3.21. The van der Waals surface area contributed by atoms with Gasteiger partial charge < -0.3 is 5.32 Å². The van der Waals surface area contributed by atoms with Crippen LogP contribution in [0.3, 0.4) is 0 Å². The fourth-order valence-electron chi connectivity index (χ4n) is 2.90. The van der Waals surface area contributed by atoms with E-state index in [2.05, 4.69) is 10.3 Å². The zero-order valence-electron chi connectivity index (χ0n) is 16.4. The number of nitrogens with zero attached hydrogens (tertiary/aromatic N) is 2. The lowest BCUT2D eigenvalue weighted by Crippen LogP contribution is -2.31. The topological polar surface area (TPSA) is 76.0 Å². The fourth-order valence-corrected chi connectivity index (χ4v) is 2.90. The van der Waals surface area contributed by atoms with Crippen LogP contribution in [0.2, 0.25) is 0 Å². The van der Waals surface area contributed by atoms with Gasteiger partial charge in [0.25, 0.3) is 0 Å². The van der Waals surface area contributed by atoms with Crippen molar-refractivity contribution in [1.82, 2.24) is 14.9 Å². The lowest BCUT2D eigenvalue weighted by atomic mass is 9.95. The maximum Gasteiger partial charge on any atom is 0.471 e. The van der Waals surface area contributed by atoms with Crippen LogP contribution in [-0.4, -0.2) is 34.6 Å². The molecule has 11 heteroatoms. The van der Waals surface area contributed by atoms with Crippen molar-refractivity contribution in [3.05, 3.63) is 83.7 Å². The van der Waals surface area contributed by atoms with E-state index in [-0.39, 0.29) is 5.57 Å². The molecule has 0 aliphatic rings. The number of carbonyl (C=O) groups is 2. The summed E-state index contributed by atoms with van der Waals surface area (Å²) in [6, 6.07) is 9.56. The van der Waals surface area contributed by atoms with Crippen LogP contribution in [0.5, 0.6) is 0 Å². The molecule has 0 atom stereocenters. The van der Waals surface area contributed by atoms with Gasteiger partial charge in [-0.1, -0.05) is 30.3 Å². The van der Waals surface area contributed by atoms with Crippen molar-refractivity contribution in [3.63, 3.8) is 0 Å². The van der Waals surface area contributed by atoms with Crippen molar-refractivity contribution in [2.24, 2.45) is 0 Å². The number of imidazole rings is 1. The summed E-state index contributed by atoms with van der Waals surface area (Å²) in [6.45, 7) is 0. The van der Waals surface area contributed by atoms with Gasteiger partial charge in [-0.2, -0.15) is 13.2 Å². The van der Waals surface area contributed by atoms with Crippen molar-refractivity contribution in [1.29, 1.82) is 0 Å². The summed E-state index contributed by atoms with van der Waals surface area (Å²) in [5.41, 5.74) is -0.666. The second-order valence-corrected chi connectivity index (χ2v) is 6.36. The number of aromatic nitrogens is 2. The number of carbonyl (C=O) groups excluding carboxylic acids is 2. The molecular weight excluding hydrogens is 435 g/mol.